The molecule has 1 unspecified atom stereocenters. The zero-order chi connectivity index (χ0) is 18.8. The molecule has 26 heavy (non-hydrogen) atoms. The van der Waals surface area contributed by atoms with E-state index in [4.69, 9.17) is 23.2 Å². The van der Waals surface area contributed by atoms with Gasteiger partial charge in [-0.2, -0.15) is 0 Å². The van der Waals surface area contributed by atoms with E-state index in [0.717, 1.165) is 29.1 Å². The number of nitrogens with zero attached hydrogens (tertiary/aromatic N) is 1. The molecule has 1 aromatic heterocycles. The van der Waals surface area contributed by atoms with Gasteiger partial charge in [-0.15, -0.1) is 0 Å². The minimum atomic E-state index is 0.0125. The van der Waals surface area contributed by atoms with Crippen LogP contribution in [-0.2, 0) is 0 Å². The molecule has 3 aromatic rings. The van der Waals surface area contributed by atoms with E-state index in [1.54, 1.807) is 6.07 Å². The summed E-state index contributed by atoms with van der Waals surface area (Å²) in [5, 5.41) is 1.24. The lowest BCUT2D eigenvalue weighted by Crippen LogP contribution is -2.19. The average molecular weight is 386 g/mol. The molecule has 0 radical (unpaired) electrons. The molecule has 0 bridgehead atoms. The van der Waals surface area contributed by atoms with Crippen LogP contribution >= 0.6 is 23.2 Å². The van der Waals surface area contributed by atoms with Gasteiger partial charge in [0.15, 0.2) is 5.43 Å². The zero-order valence-electron chi connectivity index (χ0n) is 15.1. The van der Waals surface area contributed by atoms with Crippen LogP contribution in [0.15, 0.2) is 59.4 Å². The zero-order valence-corrected chi connectivity index (χ0v) is 16.6. The molecular formula is C22H21Cl2NO. The highest BCUT2D eigenvalue weighted by molar-refractivity contribution is 6.33. The van der Waals surface area contributed by atoms with E-state index in [1.165, 1.54) is 0 Å². The molecule has 0 spiro atoms. The Morgan fingerprint density at radius 1 is 1.00 bits per heavy atom. The second-order valence-electron chi connectivity index (χ2n) is 6.48. The largest absolute Gasteiger partial charge is 0.311 e. The Bertz CT molecular complexity index is 1010. The SMILES string of the molecule is CCC(C)c1cc(=O)c(C)c(-c2ccccc2Cl)n1-c1ccccc1Cl. The van der Waals surface area contributed by atoms with Gasteiger partial charge >= 0.3 is 0 Å². The first-order chi connectivity index (χ1) is 12.5. The van der Waals surface area contributed by atoms with Crippen molar-refractivity contribution in [1.82, 2.24) is 4.57 Å². The molecule has 0 fully saturated rings. The fourth-order valence-corrected chi connectivity index (χ4v) is 3.61. The molecule has 0 saturated heterocycles. The second-order valence-corrected chi connectivity index (χ2v) is 7.30. The molecule has 0 N–H and O–H groups in total. The first-order valence-electron chi connectivity index (χ1n) is 8.72. The summed E-state index contributed by atoms with van der Waals surface area (Å²) < 4.78 is 2.09. The van der Waals surface area contributed by atoms with Gasteiger partial charge in [0.1, 0.15) is 0 Å². The standard InChI is InChI=1S/C22H21Cl2NO/c1-4-14(2)20-13-21(26)15(3)22(16-9-5-6-10-17(16)23)25(20)19-12-8-7-11-18(19)24/h5-14H,4H2,1-3H3. The van der Waals surface area contributed by atoms with Crippen LogP contribution in [0.4, 0.5) is 0 Å². The summed E-state index contributed by atoms with van der Waals surface area (Å²) in [6, 6.07) is 17.0. The minimum absolute atomic E-state index is 0.0125. The number of aromatic nitrogens is 1. The van der Waals surface area contributed by atoms with Gasteiger partial charge in [0.25, 0.3) is 0 Å². The summed E-state index contributed by atoms with van der Waals surface area (Å²) in [4.78, 5) is 12.7. The van der Waals surface area contributed by atoms with E-state index in [2.05, 4.69) is 18.4 Å². The molecule has 0 aliphatic heterocycles. The Morgan fingerprint density at radius 3 is 2.23 bits per heavy atom. The number of para-hydroxylation sites is 1. The van der Waals surface area contributed by atoms with Crippen LogP contribution in [0.3, 0.4) is 0 Å². The fourth-order valence-electron chi connectivity index (χ4n) is 3.16. The summed E-state index contributed by atoms with van der Waals surface area (Å²) in [6.45, 7) is 6.07. The van der Waals surface area contributed by atoms with Crippen molar-refractivity contribution in [2.24, 2.45) is 0 Å². The minimum Gasteiger partial charge on any atom is -0.311 e. The van der Waals surface area contributed by atoms with Crippen LogP contribution in [0.5, 0.6) is 0 Å². The third-order valence-corrected chi connectivity index (χ3v) is 5.47. The van der Waals surface area contributed by atoms with Gasteiger partial charge in [0, 0.05) is 27.9 Å². The normalized spacial score (nSPS) is 12.2. The lowest BCUT2D eigenvalue weighted by molar-refractivity contribution is 0.681. The van der Waals surface area contributed by atoms with Crippen molar-refractivity contribution in [3.63, 3.8) is 0 Å². The topological polar surface area (TPSA) is 22.0 Å². The van der Waals surface area contributed by atoms with Gasteiger partial charge in [-0.3, -0.25) is 4.79 Å². The average Bonchev–Trinajstić information content (AvgIpc) is 2.64. The molecule has 2 nitrogen and oxygen atoms in total. The molecule has 4 heteroatoms. The Balaban J connectivity index is 2.50. The Hall–Kier alpha value is -2.03. The van der Waals surface area contributed by atoms with Crippen molar-refractivity contribution in [3.05, 3.63) is 86.1 Å². The van der Waals surface area contributed by atoms with E-state index >= 15 is 0 Å². The van der Waals surface area contributed by atoms with E-state index in [-0.39, 0.29) is 11.3 Å². The van der Waals surface area contributed by atoms with Crippen molar-refractivity contribution >= 4 is 23.2 Å². The summed E-state index contributed by atoms with van der Waals surface area (Å²) >= 11 is 13.0. The number of pyridine rings is 1. The van der Waals surface area contributed by atoms with Crippen LogP contribution in [0, 0.1) is 6.92 Å². The van der Waals surface area contributed by atoms with Crippen molar-refractivity contribution < 1.29 is 0 Å². The predicted molar refractivity (Wildman–Crippen MR) is 111 cm³/mol. The lowest BCUT2D eigenvalue weighted by Gasteiger charge is -2.25. The number of benzene rings is 2. The first kappa shape index (κ1) is 18.8. The van der Waals surface area contributed by atoms with Crippen molar-refractivity contribution in [2.45, 2.75) is 33.1 Å². The number of hydrogen-bond acceptors (Lipinski definition) is 1. The Labute approximate surface area is 164 Å². The molecule has 0 aliphatic carbocycles. The van der Waals surface area contributed by atoms with Crippen LogP contribution in [0.2, 0.25) is 10.0 Å². The van der Waals surface area contributed by atoms with Crippen molar-refractivity contribution in [3.8, 4) is 16.9 Å². The van der Waals surface area contributed by atoms with E-state index in [0.29, 0.717) is 15.6 Å². The van der Waals surface area contributed by atoms with Gasteiger partial charge in [-0.05, 0) is 37.5 Å². The highest BCUT2D eigenvalue weighted by Crippen LogP contribution is 2.36. The van der Waals surface area contributed by atoms with Crippen molar-refractivity contribution in [1.29, 1.82) is 0 Å². The fraction of sp³-hybridized carbons (Fsp3) is 0.227. The maximum Gasteiger partial charge on any atom is 0.185 e. The van der Waals surface area contributed by atoms with Crippen molar-refractivity contribution in [2.75, 3.05) is 0 Å². The summed E-state index contributed by atoms with van der Waals surface area (Å²) in [6.07, 6.45) is 0.912. The lowest BCUT2D eigenvalue weighted by atomic mass is 9.98. The molecule has 0 aliphatic rings. The third kappa shape index (κ3) is 3.32. The second kappa shape index (κ2) is 7.69. The Morgan fingerprint density at radius 2 is 1.62 bits per heavy atom. The first-order valence-corrected chi connectivity index (χ1v) is 9.47. The van der Waals surface area contributed by atoms with Crippen LogP contribution in [0.1, 0.15) is 37.4 Å². The monoisotopic (exact) mass is 385 g/mol. The van der Waals surface area contributed by atoms with Gasteiger partial charge in [0.2, 0.25) is 0 Å². The molecule has 1 heterocycles. The van der Waals surface area contributed by atoms with E-state index in [1.807, 2.05) is 55.5 Å². The molecule has 2 aromatic carbocycles. The highest BCUT2D eigenvalue weighted by atomic mass is 35.5. The summed E-state index contributed by atoms with van der Waals surface area (Å²) in [5.41, 5.74) is 4.08. The quantitative estimate of drug-likeness (QED) is 0.493. The molecule has 0 saturated carbocycles. The van der Waals surface area contributed by atoms with E-state index in [9.17, 15) is 4.79 Å². The summed E-state index contributed by atoms with van der Waals surface area (Å²) in [7, 11) is 0. The molecule has 0 amide bonds. The highest BCUT2D eigenvalue weighted by Gasteiger charge is 2.21. The van der Waals surface area contributed by atoms with Crippen LogP contribution in [0.25, 0.3) is 16.9 Å². The van der Waals surface area contributed by atoms with Crippen LogP contribution in [-0.4, -0.2) is 4.57 Å². The molecule has 3 rings (SSSR count). The van der Waals surface area contributed by atoms with E-state index < -0.39 is 0 Å². The number of halogens is 2. The molecule has 134 valence electrons. The molecular weight excluding hydrogens is 365 g/mol. The van der Waals surface area contributed by atoms with Gasteiger partial charge in [-0.25, -0.2) is 0 Å². The summed E-state index contributed by atoms with van der Waals surface area (Å²) in [5.74, 6) is 0.195. The maximum atomic E-state index is 12.7. The maximum absolute atomic E-state index is 12.7. The predicted octanol–water partition coefficient (Wildman–Crippen LogP) is 6.63. The number of rotatable bonds is 4. The third-order valence-electron chi connectivity index (χ3n) is 4.83. The smallest absolute Gasteiger partial charge is 0.185 e. The van der Waals surface area contributed by atoms with Gasteiger partial charge < -0.3 is 4.57 Å². The van der Waals surface area contributed by atoms with Gasteiger partial charge in [-0.1, -0.05) is 67.4 Å². The van der Waals surface area contributed by atoms with Crippen LogP contribution < -0.4 is 5.43 Å². The molecule has 1 atom stereocenters. The number of hydrogen-bond donors (Lipinski definition) is 0. The van der Waals surface area contributed by atoms with Gasteiger partial charge in [0.05, 0.1) is 16.4 Å². The Kier molecular flexibility index (Phi) is 5.55.